The number of amides is 1. The minimum Gasteiger partial charge on any atom is -0.495 e. The van der Waals surface area contributed by atoms with Crippen molar-refractivity contribution in [2.45, 2.75) is 52.1 Å². The Morgan fingerprint density at radius 2 is 2.03 bits per heavy atom. The van der Waals surface area contributed by atoms with Crippen LogP contribution in [0.5, 0.6) is 5.75 Å². The fourth-order valence-electron chi connectivity index (χ4n) is 3.92. The molecule has 2 aromatic heterocycles. The summed E-state index contributed by atoms with van der Waals surface area (Å²) in [5.74, 6) is 0.512. The van der Waals surface area contributed by atoms with Crippen LogP contribution in [0.25, 0.3) is 11.4 Å². The van der Waals surface area contributed by atoms with Crippen LogP contribution in [-0.2, 0) is 30.7 Å². The second-order valence-electron chi connectivity index (χ2n) is 7.57. The summed E-state index contributed by atoms with van der Waals surface area (Å²) < 4.78 is 13.0. The van der Waals surface area contributed by atoms with Crippen molar-refractivity contribution in [2.75, 3.05) is 12.4 Å². The number of methoxy groups -OCH3 is 1. The first-order chi connectivity index (χ1) is 15.5. The van der Waals surface area contributed by atoms with Gasteiger partial charge in [0.15, 0.2) is 0 Å². The quantitative estimate of drug-likeness (QED) is 0.623. The van der Waals surface area contributed by atoms with Crippen LogP contribution in [0.2, 0.25) is 0 Å². The van der Waals surface area contributed by atoms with Gasteiger partial charge in [0.1, 0.15) is 17.9 Å². The van der Waals surface area contributed by atoms with Crippen LogP contribution < -0.4 is 21.3 Å². The summed E-state index contributed by atoms with van der Waals surface area (Å²) in [4.78, 5) is 43.7. The van der Waals surface area contributed by atoms with Crippen LogP contribution in [-0.4, -0.2) is 32.3 Å². The van der Waals surface area contributed by atoms with E-state index in [0.717, 1.165) is 23.8 Å². The lowest BCUT2D eigenvalue weighted by Gasteiger charge is -2.16. The minimum absolute atomic E-state index is 0.149. The molecule has 1 aliphatic heterocycles. The Labute approximate surface area is 183 Å². The molecule has 0 bridgehead atoms. The van der Waals surface area contributed by atoms with Gasteiger partial charge in [0.2, 0.25) is 17.6 Å². The average Bonchev–Trinajstić information content (AvgIpc) is 3.14. The lowest BCUT2D eigenvalue weighted by atomic mass is 10.1. The van der Waals surface area contributed by atoms with Gasteiger partial charge in [0, 0.05) is 18.7 Å². The number of nitrogens with zero attached hydrogens (tertiary/aromatic N) is 4. The van der Waals surface area contributed by atoms with Crippen molar-refractivity contribution in [3.63, 3.8) is 0 Å². The van der Waals surface area contributed by atoms with Crippen molar-refractivity contribution in [1.82, 2.24) is 19.3 Å². The van der Waals surface area contributed by atoms with E-state index in [-0.39, 0.29) is 11.4 Å². The largest absolute Gasteiger partial charge is 0.495 e. The molecule has 0 unspecified atom stereocenters. The van der Waals surface area contributed by atoms with E-state index >= 15 is 0 Å². The highest BCUT2D eigenvalue weighted by atomic mass is 16.5. The summed E-state index contributed by atoms with van der Waals surface area (Å²) in [6.07, 6.45) is 3.68. The summed E-state index contributed by atoms with van der Waals surface area (Å²) in [6.45, 7) is 1.89. The molecule has 4 rings (SSSR count). The molecule has 1 aliphatic rings. The topological polar surface area (TPSA) is 121 Å². The number of rotatable bonds is 6. The van der Waals surface area contributed by atoms with Crippen LogP contribution in [0.1, 0.15) is 37.8 Å². The van der Waals surface area contributed by atoms with Crippen molar-refractivity contribution < 1.29 is 14.1 Å². The van der Waals surface area contributed by atoms with Gasteiger partial charge in [-0.15, -0.1) is 0 Å². The zero-order valence-corrected chi connectivity index (χ0v) is 18.1. The number of nitrogens with one attached hydrogen (secondary N) is 1. The molecule has 1 amide bonds. The summed E-state index contributed by atoms with van der Waals surface area (Å²) in [5, 5.41) is 6.67. The first-order valence-electron chi connectivity index (χ1n) is 10.7. The van der Waals surface area contributed by atoms with E-state index in [9.17, 15) is 14.4 Å². The van der Waals surface area contributed by atoms with E-state index in [1.54, 1.807) is 28.8 Å². The standard InChI is InChI=1S/C22H25N5O5/c1-3-18-24-20(25-32-18)19-15-10-5-4-8-12-26(15)22(30)27(21(19)29)13-17(28)23-14-9-6-7-11-16(14)31-2/h6-7,9,11H,3-5,8,10,12-13H2,1-2H3,(H,23,28). The predicted octanol–water partition coefficient (Wildman–Crippen LogP) is 2.00. The third-order valence-electron chi connectivity index (χ3n) is 5.51. The number of para-hydroxylation sites is 2. The van der Waals surface area contributed by atoms with Crippen LogP contribution in [0.15, 0.2) is 38.4 Å². The second-order valence-corrected chi connectivity index (χ2v) is 7.57. The lowest BCUT2D eigenvalue weighted by molar-refractivity contribution is -0.116. The number of aryl methyl sites for hydroxylation is 1. The fourth-order valence-corrected chi connectivity index (χ4v) is 3.92. The van der Waals surface area contributed by atoms with Gasteiger partial charge in [-0.05, 0) is 31.4 Å². The summed E-state index contributed by atoms with van der Waals surface area (Å²) in [5.41, 5.74) is 0.170. The first-order valence-corrected chi connectivity index (χ1v) is 10.7. The van der Waals surface area contributed by atoms with Crippen LogP contribution in [0, 0.1) is 0 Å². The van der Waals surface area contributed by atoms with Gasteiger partial charge in [-0.2, -0.15) is 4.98 Å². The number of ether oxygens (including phenoxy) is 1. The molecule has 10 heteroatoms. The number of hydrogen-bond acceptors (Lipinski definition) is 7. The SMILES string of the molecule is CCc1nc(-c2c3n(c(=O)n(CC(=O)Nc4ccccc4OC)c2=O)CCCCC3)no1. The lowest BCUT2D eigenvalue weighted by Crippen LogP contribution is -2.44. The van der Waals surface area contributed by atoms with Crippen LogP contribution in [0.3, 0.4) is 0 Å². The Hall–Kier alpha value is -3.69. The predicted molar refractivity (Wildman–Crippen MR) is 117 cm³/mol. The van der Waals surface area contributed by atoms with Gasteiger partial charge < -0.3 is 14.6 Å². The van der Waals surface area contributed by atoms with Crippen molar-refractivity contribution in [3.05, 3.63) is 56.7 Å². The van der Waals surface area contributed by atoms with Crippen molar-refractivity contribution in [2.24, 2.45) is 0 Å². The van der Waals surface area contributed by atoms with E-state index < -0.39 is 23.7 Å². The molecule has 168 valence electrons. The zero-order valence-electron chi connectivity index (χ0n) is 18.1. The Bertz CT molecular complexity index is 1260. The van der Waals surface area contributed by atoms with Crippen molar-refractivity contribution >= 4 is 11.6 Å². The van der Waals surface area contributed by atoms with Gasteiger partial charge in [-0.1, -0.05) is 30.6 Å². The smallest absolute Gasteiger partial charge is 0.331 e. The molecule has 0 radical (unpaired) electrons. The molecular weight excluding hydrogens is 414 g/mol. The third kappa shape index (κ3) is 4.08. The molecule has 3 heterocycles. The van der Waals surface area contributed by atoms with Crippen molar-refractivity contribution in [1.29, 1.82) is 0 Å². The van der Waals surface area contributed by atoms with Gasteiger partial charge >= 0.3 is 5.69 Å². The minimum atomic E-state index is -0.596. The normalized spacial score (nSPS) is 13.3. The molecule has 32 heavy (non-hydrogen) atoms. The monoisotopic (exact) mass is 439 g/mol. The third-order valence-corrected chi connectivity index (χ3v) is 5.51. The van der Waals surface area contributed by atoms with E-state index in [2.05, 4.69) is 15.5 Å². The highest BCUT2D eigenvalue weighted by Gasteiger charge is 2.25. The molecule has 1 N–H and O–H groups in total. The Kier molecular flexibility index (Phi) is 6.20. The summed E-state index contributed by atoms with van der Waals surface area (Å²) in [7, 11) is 1.50. The number of carbonyl (C=O) groups excluding carboxylic acids is 1. The molecule has 0 aliphatic carbocycles. The van der Waals surface area contributed by atoms with Gasteiger partial charge in [-0.3, -0.25) is 18.7 Å². The van der Waals surface area contributed by atoms with Gasteiger partial charge in [0.25, 0.3) is 5.56 Å². The molecule has 0 fully saturated rings. The summed E-state index contributed by atoms with van der Waals surface area (Å²) in [6, 6.07) is 6.92. The number of aromatic nitrogens is 4. The Morgan fingerprint density at radius 1 is 1.22 bits per heavy atom. The van der Waals surface area contributed by atoms with E-state index in [1.807, 2.05) is 6.92 Å². The average molecular weight is 439 g/mol. The highest BCUT2D eigenvalue weighted by molar-refractivity contribution is 5.92. The number of benzene rings is 1. The molecule has 0 saturated heterocycles. The van der Waals surface area contributed by atoms with E-state index in [4.69, 9.17) is 9.26 Å². The number of fused-ring (bicyclic) bond motifs is 1. The Morgan fingerprint density at radius 3 is 2.78 bits per heavy atom. The number of carbonyl (C=O) groups is 1. The first kappa shape index (κ1) is 21.5. The fraction of sp³-hybridized carbons (Fsp3) is 0.409. The maximum atomic E-state index is 13.4. The van der Waals surface area contributed by atoms with E-state index in [0.29, 0.717) is 42.4 Å². The second kappa shape index (κ2) is 9.21. The molecular formula is C22H25N5O5. The maximum Gasteiger partial charge on any atom is 0.331 e. The molecule has 0 saturated carbocycles. The van der Waals surface area contributed by atoms with E-state index in [1.165, 1.54) is 7.11 Å². The maximum absolute atomic E-state index is 13.4. The molecule has 0 atom stereocenters. The molecule has 10 nitrogen and oxygen atoms in total. The Balaban J connectivity index is 1.77. The molecule has 3 aromatic rings. The highest BCUT2D eigenvalue weighted by Crippen LogP contribution is 2.23. The van der Waals surface area contributed by atoms with Crippen molar-refractivity contribution in [3.8, 4) is 17.1 Å². The number of hydrogen-bond donors (Lipinski definition) is 1. The van der Waals surface area contributed by atoms with Gasteiger partial charge in [-0.25, -0.2) is 4.79 Å². The summed E-state index contributed by atoms with van der Waals surface area (Å²) >= 11 is 0. The van der Waals surface area contributed by atoms with Crippen LogP contribution >= 0.6 is 0 Å². The number of anilines is 1. The molecule has 0 spiro atoms. The van der Waals surface area contributed by atoms with Gasteiger partial charge in [0.05, 0.1) is 12.8 Å². The molecule has 1 aromatic carbocycles. The van der Waals surface area contributed by atoms with Crippen LogP contribution in [0.4, 0.5) is 5.69 Å². The zero-order chi connectivity index (χ0) is 22.7.